The first-order valence-corrected chi connectivity index (χ1v) is 4.64. The van der Waals surface area contributed by atoms with E-state index < -0.39 is 0 Å². The number of carbonyl (C=O) groups excluding carboxylic acids is 1. The van der Waals surface area contributed by atoms with Crippen molar-refractivity contribution in [2.75, 3.05) is 13.1 Å². The lowest BCUT2D eigenvalue weighted by Crippen LogP contribution is -2.57. The molecule has 2 rings (SSSR count). The van der Waals surface area contributed by atoms with Gasteiger partial charge in [0.25, 0.3) is 5.91 Å². The van der Waals surface area contributed by atoms with Crippen molar-refractivity contribution >= 4 is 5.91 Å². The van der Waals surface area contributed by atoms with Crippen LogP contribution in [-0.2, 0) is 0 Å². The van der Waals surface area contributed by atoms with Gasteiger partial charge in [-0.1, -0.05) is 0 Å². The maximum absolute atomic E-state index is 11.8. The van der Waals surface area contributed by atoms with Gasteiger partial charge in [-0.25, -0.2) is 0 Å². The largest absolute Gasteiger partial charge is 0.335 e. The van der Waals surface area contributed by atoms with Crippen molar-refractivity contribution in [1.82, 2.24) is 9.88 Å². The minimum Gasteiger partial charge on any atom is -0.335 e. The van der Waals surface area contributed by atoms with Gasteiger partial charge in [0.05, 0.1) is 0 Å². The Morgan fingerprint density at radius 1 is 1.64 bits per heavy atom. The van der Waals surface area contributed by atoms with Gasteiger partial charge in [-0.3, -0.25) is 9.78 Å². The monoisotopic (exact) mass is 191 g/mol. The van der Waals surface area contributed by atoms with Gasteiger partial charge >= 0.3 is 0 Å². The summed E-state index contributed by atoms with van der Waals surface area (Å²) in [5.41, 5.74) is 7.17. The number of aryl methyl sites for hydroxylation is 1. The van der Waals surface area contributed by atoms with Crippen LogP contribution in [0, 0.1) is 6.92 Å². The molecule has 14 heavy (non-hydrogen) atoms. The molecule has 0 atom stereocenters. The molecule has 2 N–H and O–H groups in total. The summed E-state index contributed by atoms with van der Waals surface area (Å²) in [5.74, 6) is 0.0530. The Morgan fingerprint density at radius 2 is 2.36 bits per heavy atom. The van der Waals surface area contributed by atoms with E-state index in [-0.39, 0.29) is 11.9 Å². The molecule has 0 saturated carbocycles. The van der Waals surface area contributed by atoms with Crippen LogP contribution in [0.4, 0.5) is 0 Å². The van der Waals surface area contributed by atoms with Gasteiger partial charge in [0.2, 0.25) is 0 Å². The molecular formula is C10H13N3O. The first kappa shape index (κ1) is 9.15. The van der Waals surface area contributed by atoms with Crippen molar-refractivity contribution in [2.24, 2.45) is 5.73 Å². The SMILES string of the molecule is Cc1cc(C(=O)N2CC(N)C2)ccn1. The fourth-order valence-electron chi connectivity index (χ4n) is 1.54. The maximum atomic E-state index is 11.8. The number of carbonyl (C=O) groups is 1. The first-order chi connectivity index (χ1) is 6.66. The van der Waals surface area contributed by atoms with E-state index in [4.69, 9.17) is 5.73 Å². The Bertz CT molecular complexity index is 358. The number of aromatic nitrogens is 1. The van der Waals surface area contributed by atoms with E-state index in [1.165, 1.54) is 0 Å². The van der Waals surface area contributed by atoms with Crippen molar-refractivity contribution in [2.45, 2.75) is 13.0 Å². The van der Waals surface area contributed by atoms with Crippen LogP contribution >= 0.6 is 0 Å². The molecule has 1 fully saturated rings. The van der Waals surface area contributed by atoms with E-state index in [0.29, 0.717) is 18.7 Å². The van der Waals surface area contributed by atoms with Gasteiger partial charge in [0.15, 0.2) is 0 Å². The summed E-state index contributed by atoms with van der Waals surface area (Å²) in [4.78, 5) is 17.6. The molecule has 4 nitrogen and oxygen atoms in total. The first-order valence-electron chi connectivity index (χ1n) is 4.64. The van der Waals surface area contributed by atoms with Crippen molar-refractivity contribution in [3.8, 4) is 0 Å². The Hall–Kier alpha value is -1.42. The predicted molar refractivity (Wildman–Crippen MR) is 52.9 cm³/mol. The lowest BCUT2D eigenvalue weighted by Gasteiger charge is -2.36. The minimum atomic E-state index is 0.0530. The van der Waals surface area contributed by atoms with Crippen LogP contribution in [-0.4, -0.2) is 34.9 Å². The molecule has 1 aromatic rings. The standard InChI is InChI=1S/C10H13N3O/c1-7-4-8(2-3-12-7)10(14)13-5-9(11)6-13/h2-4,9H,5-6,11H2,1H3. The highest BCUT2D eigenvalue weighted by atomic mass is 16.2. The van der Waals surface area contributed by atoms with Crippen LogP contribution in [0.5, 0.6) is 0 Å². The normalized spacial score (nSPS) is 16.6. The van der Waals surface area contributed by atoms with E-state index in [2.05, 4.69) is 4.98 Å². The molecule has 0 aliphatic carbocycles. The molecule has 1 aliphatic heterocycles. The summed E-state index contributed by atoms with van der Waals surface area (Å²) in [6.45, 7) is 3.21. The Balaban J connectivity index is 2.12. The van der Waals surface area contributed by atoms with Crippen molar-refractivity contribution < 1.29 is 4.79 Å². The minimum absolute atomic E-state index is 0.0530. The summed E-state index contributed by atoms with van der Waals surface area (Å²) in [6, 6.07) is 3.69. The molecule has 0 bridgehead atoms. The number of nitrogens with two attached hydrogens (primary N) is 1. The predicted octanol–water partition coefficient (Wildman–Crippen LogP) is 0.173. The molecule has 2 heterocycles. The van der Waals surface area contributed by atoms with E-state index >= 15 is 0 Å². The van der Waals surface area contributed by atoms with Crippen LogP contribution in [0.2, 0.25) is 0 Å². The summed E-state index contributed by atoms with van der Waals surface area (Å²) < 4.78 is 0. The lowest BCUT2D eigenvalue weighted by molar-refractivity contribution is 0.0608. The summed E-state index contributed by atoms with van der Waals surface area (Å²) in [7, 11) is 0. The quantitative estimate of drug-likeness (QED) is 0.688. The van der Waals surface area contributed by atoms with Gasteiger partial charge in [-0.2, -0.15) is 0 Å². The molecule has 0 radical (unpaired) electrons. The Labute approximate surface area is 82.7 Å². The van der Waals surface area contributed by atoms with Crippen LogP contribution < -0.4 is 5.73 Å². The molecule has 0 unspecified atom stereocenters. The fourth-order valence-corrected chi connectivity index (χ4v) is 1.54. The highest BCUT2D eigenvalue weighted by molar-refractivity contribution is 5.94. The average molecular weight is 191 g/mol. The molecule has 74 valence electrons. The van der Waals surface area contributed by atoms with Crippen molar-refractivity contribution in [3.63, 3.8) is 0 Å². The number of likely N-dealkylation sites (tertiary alicyclic amines) is 1. The zero-order valence-electron chi connectivity index (χ0n) is 8.10. The number of hydrogen-bond acceptors (Lipinski definition) is 3. The zero-order valence-corrected chi connectivity index (χ0v) is 8.10. The molecule has 4 heteroatoms. The Kier molecular flexibility index (Phi) is 2.21. The Morgan fingerprint density at radius 3 is 2.93 bits per heavy atom. The molecule has 1 aliphatic rings. The second kappa shape index (κ2) is 3.38. The molecule has 1 saturated heterocycles. The van der Waals surface area contributed by atoms with Crippen LogP contribution in [0.1, 0.15) is 16.1 Å². The van der Waals surface area contributed by atoms with Crippen LogP contribution in [0.15, 0.2) is 18.3 Å². The van der Waals surface area contributed by atoms with Crippen molar-refractivity contribution in [3.05, 3.63) is 29.6 Å². The third-order valence-electron chi connectivity index (χ3n) is 2.34. The van der Waals surface area contributed by atoms with E-state index in [1.54, 1.807) is 23.2 Å². The second-order valence-corrected chi connectivity index (χ2v) is 3.66. The van der Waals surface area contributed by atoms with Gasteiger partial charge < -0.3 is 10.6 Å². The topological polar surface area (TPSA) is 59.2 Å². The molecular weight excluding hydrogens is 178 g/mol. The number of pyridine rings is 1. The third-order valence-corrected chi connectivity index (χ3v) is 2.34. The van der Waals surface area contributed by atoms with Gasteiger partial charge in [-0.05, 0) is 19.1 Å². The van der Waals surface area contributed by atoms with Crippen LogP contribution in [0.3, 0.4) is 0 Å². The number of rotatable bonds is 1. The number of hydrogen-bond donors (Lipinski definition) is 1. The average Bonchev–Trinajstić information content (AvgIpc) is 2.12. The molecule has 0 spiro atoms. The van der Waals surface area contributed by atoms with Gasteiger partial charge in [-0.15, -0.1) is 0 Å². The fraction of sp³-hybridized carbons (Fsp3) is 0.400. The van der Waals surface area contributed by atoms with E-state index in [9.17, 15) is 4.79 Å². The highest BCUT2D eigenvalue weighted by Gasteiger charge is 2.28. The number of amides is 1. The maximum Gasteiger partial charge on any atom is 0.254 e. The van der Waals surface area contributed by atoms with Gasteiger partial charge in [0, 0.05) is 36.6 Å². The number of nitrogens with zero attached hydrogens (tertiary/aromatic N) is 2. The summed E-state index contributed by atoms with van der Waals surface area (Å²) >= 11 is 0. The van der Waals surface area contributed by atoms with Gasteiger partial charge in [0.1, 0.15) is 0 Å². The molecule has 1 amide bonds. The lowest BCUT2D eigenvalue weighted by atomic mass is 10.1. The molecule has 1 aromatic heterocycles. The summed E-state index contributed by atoms with van der Waals surface area (Å²) in [6.07, 6.45) is 1.66. The smallest absolute Gasteiger partial charge is 0.254 e. The third kappa shape index (κ3) is 1.61. The zero-order chi connectivity index (χ0) is 10.1. The van der Waals surface area contributed by atoms with E-state index in [0.717, 1.165) is 5.69 Å². The van der Waals surface area contributed by atoms with Crippen molar-refractivity contribution in [1.29, 1.82) is 0 Å². The second-order valence-electron chi connectivity index (χ2n) is 3.66. The van der Waals surface area contributed by atoms with E-state index in [1.807, 2.05) is 6.92 Å². The summed E-state index contributed by atoms with van der Waals surface area (Å²) in [5, 5.41) is 0. The highest BCUT2D eigenvalue weighted by Crippen LogP contribution is 2.11. The van der Waals surface area contributed by atoms with Crippen LogP contribution in [0.25, 0.3) is 0 Å². The molecule has 0 aromatic carbocycles.